The summed E-state index contributed by atoms with van der Waals surface area (Å²) < 4.78 is 0. The first-order valence-corrected chi connectivity index (χ1v) is 8.38. The number of halogens is 1. The minimum atomic E-state index is -0.0294. The summed E-state index contributed by atoms with van der Waals surface area (Å²) in [6.45, 7) is 7.71. The maximum absolute atomic E-state index is 12.7. The molecular formula is C17H22ClN3OS. The molecule has 1 aliphatic rings. The molecular weight excluding hydrogens is 330 g/mol. The Morgan fingerprint density at radius 2 is 2.13 bits per heavy atom. The van der Waals surface area contributed by atoms with Crippen LogP contribution in [-0.4, -0.2) is 17.4 Å². The maximum atomic E-state index is 12.7. The van der Waals surface area contributed by atoms with E-state index in [-0.39, 0.29) is 23.7 Å². The summed E-state index contributed by atoms with van der Waals surface area (Å²) in [5.74, 6) is -0.0294. The molecule has 0 bridgehead atoms. The smallest absolute Gasteiger partial charge is 0.277 e. The Bertz CT molecular complexity index is 721. The van der Waals surface area contributed by atoms with Crippen molar-refractivity contribution in [1.82, 2.24) is 4.98 Å². The summed E-state index contributed by atoms with van der Waals surface area (Å²) in [5.41, 5.74) is 9.76. The monoisotopic (exact) mass is 351 g/mol. The number of hydrogen-bond donors (Lipinski definition) is 1. The van der Waals surface area contributed by atoms with Crippen molar-refractivity contribution in [1.29, 1.82) is 0 Å². The lowest BCUT2D eigenvalue weighted by Crippen LogP contribution is -2.29. The molecule has 0 saturated carbocycles. The first kappa shape index (κ1) is 17.9. The molecule has 0 fully saturated rings. The van der Waals surface area contributed by atoms with Gasteiger partial charge in [-0.3, -0.25) is 4.79 Å². The predicted octanol–water partition coefficient (Wildman–Crippen LogP) is 3.52. The average molecular weight is 352 g/mol. The van der Waals surface area contributed by atoms with E-state index in [1.807, 2.05) is 4.90 Å². The van der Waals surface area contributed by atoms with E-state index in [0.29, 0.717) is 12.2 Å². The molecule has 1 aromatic heterocycles. The highest BCUT2D eigenvalue weighted by molar-refractivity contribution is 7.09. The second-order valence-electron chi connectivity index (χ2n) is 6.63. The number of carbonyl (C=O) groups is 1. The Labute approximate surface area is 147 Å². The number of fused-ring (bicyclic) bond motifs is 1. The number of anilines is 1. The molecule has 0 unspecified atom stereocenters. The van der Waals surface area contributed by atoms with Crippen molar-refractivity contribution in [2.75, 3.05) is 11.4 Å². The molecule has 1 aliphatic heterocycles. The van der Waals surface area contributed by atoms with Crippen molar-refractivity contribution in [2.45, 2.75) is 39.2 Å². The van der Waals surface area contributed by atoms with Gasteiger partial charge in [-0.2, -0.15) is 0 Å². The van der Waals surface area contributed by atoms with Crippen LogP contribution in [0.2, 0.25) is 0 Å². The first-order valence-electron chi connectivity index (χ1n) is 7.50. The zero-order chi connectivity index (χ0) is 15.9. The SMILES string of the molecule is CC(C)(C)c1ccc2c(c1)CCN2C(=O)c1csc(CN)n1.Cl. The number of rotatable bonds is 2. The van der Waals surface area contributed by atoms with Crippen LogP contribution in [0.15, 0.2) is 23.6 Å². The summed E-state index contributed by atoms with van der Waals surface area (Å²) in [5, 5.41) is 2.59. The third-order valence-electron chi connectivity index (χ3n) is 4.03. The lowest BCUT2D eigenvalue weighted by atomic mass is 9.86. The summed E-state index contributed by atoms with van der Waals surface area (Å²) in [4.78, 5) is 18.8. The highest BCUT2D eigenvalue weighted by Crippen LogP contribution is 2.33. The molecule has 0 aliphatic carbocycles. The Morgan fingerprint density at radius 3 is 2.74 bits per heavy atom. The van der Waals surface area contributed by atoms with Gasteiger partial charge in [-0.25, -0.2) is 4.98 Å². The lowest BCUT2D eigenvalue weighted by molar-refractivity contribution is 0.0985. The van der Waals surface area contributed by atoms with Gasteiger partial charge < -0.3 is 10.6 Å². The molecule has 0 radical (unpaired) electrons. The number of aromatic nitrogens is 1. The van der Waals surface area contributed by atoms with E-state index in [4.69, 9.17) is 5.73 Å². The number of carbonyl (C=O) groups excluding carboxylic acids is 1. The third kappa shape index (κ3) is 3.42. The average Bonchev–Trinajstić information content (AvgIpc) is 3.11. The number of nitrogens with zero attached hydrogens (tertiary/aromatic N) is 2. The first-order chi connectivity index (χ1) is 10.4. The summed E-state index contributed by atoms with van der Waals surface area (Å²) in [6.07, 6.45) is 0.902. The highest BCUT2D eigenvalue weighted by Gasteiger charge is 2.28. The van der Waals surface area contributed by atoms with Gasteiger partial charge in [-0.15, -0.1) is 23.7 Å². The van der Waals surface area contributed by atoms with Crippen molar-refractivity contribution in [3.63, 3.8) is 0 Å². The van der Waals surface area contributed by atoms with Crippen molar-refractivity contribution in [3.05, 3.63) is 45.4 Å². The lowest BCUT2D eigenvalue weighted by Gasteiger charge is -2.21. The van der Waals surface area contributed by atoms with Crippen LogP contribution in [-0.2, 0) is 18.4 Å². The van der Waals surface area contributed by atoms with Gasteiger partial charge in [0.2, 0.25) is 0 Å². The van der Waals surface area contributed by atoms with Crippen LogP contribution < -0.4 is 10.6 Å². The van der Waals surface area contributed by atoms with Crippen molar-refractivity contribution in [2.24, 2.45) is 5.73 Å². The number of amides is 1. The van der Waals surface area contributed by atoms with E-state index in [0.717, 1.165) is 23.7 Å². The molecule has 0 atom stereocenters. The molecule has 0 saturated heterocycles. The molecule has 0 spiro atoms. The highest BCUT2D eigenvalue weighted by atomic mass is 35.5. The fraction of sp³-hybridized carbons (Fsp3) is 0.412. The van der Waals surface area contributed by atoms with Gasteiger partial charge in [0.25, 0.3) is 5.91 Å². The number of nitrogens with two attached hydrogens (primary N) is 1. The molecule has 2 N–H and O–H groups in total. The van der Waals surface area contributed by atoms with Crippen LogP contribution in [0, 0.1) is 0 Å². The fourth-order valence-electron chi connectivity index (χ4n) is 2.72. The summed E-state index contributed by atoms with van der Waals surface area (Å²) in [6, 6.07) is 6.42. The quantitative estimate of drug-likeness (QED) is 0.900. The van der Waals surface area contributed by atoms with E-state index in [1.54, 1.807) is 5.38 Å². The Kier molecular flexibility index (Phi) is 5.14. The summed E-state index contributed by atoms with van der Waals surface area (Å²) in [7, 11) is 0. The van der Waals surface area contributed by atoms with Crippen molar-refractivity contribution >= 4 is 35.3 Å². The minimum Gasteiger partial charge on any atom is -0.325 e. The molecule has 124 valence electrons. The van der Waals surface area contributed by atoms with Crippen LogP contribution in [0.1, 0.15) is 47.4 Å². The number of hydrogen-bond acceptors (Lipinski definition) is 4. The molecule has 2 heterocycles. The standard InChI is InChI=1S/C17H21N3OS.ClH/c1-17(2,3)12-4-5-14-11(8-12)6-7-20(14)16(21)13-10-22-15(9-18)19-13;/h4-5,8,10H,6-7,9,18H2,1-3H3;1H. The molecule has 3 rings (SSSR count). The summed E-state index contributed by atoms with van der Waals surface area (Å²) >= 11 is 1.44. The predicted molar refractivity (Wildman–Crippen MR) is 97.8 cm³/mol. The van der Waals surface area contributed by atoms with Gasteiger partial charge in [0.05, 0.1) is 0 Å². The Morgan fingerprint density at radius 1 is 1.39 bits per heavy atom. The van der Waals surface area contributed by atoms with E-state index in [9.17, 15) is 4.79 Å². The minimum absolute atomic E-state index is 0. The zero-order valence-corrected chi connectivity index (χ0v) is 15.3. The van der Waals surface area contributed by atoms with Crippen LogP contribution in [0.25, 0.3) is 0 Å². The fourth-order valence-corrected chi connectivity index (χ4v) is 3.37. The second-order valence-corrected chi connectivity index (χ2v) is 7.57. The van der Waals surface area contributed by atoms with E-state index in [2.05, 4.69) is 44.0 Å². The van der Waals surface area contributed by atoms with Gasteiger partial charge >= 0.3 is 0 Å². The largest absolute Gasteiger partial charge is 0.325 e. The van der Waals surface area contributed by atoms with Crippen LogP contribution in [0.4, 0.5) is 5.69 Å². The zero-order valence-electron chi connectivity index (χ0n) is 13.6. The van der Waals surface area contributed by atoms with E-state index >= 15 is 0 Å². The Hall–Kier alpha value is -1.43. The van der Waals surface area contributed by atoms with E-state index < -0.39 is 0 Å². The van der Waals surface area contributed by atoms with Crippen LogP contribution in [0.3, 0.4) is 0 Å². The number of benzene rings is 1. The molecule has 1 aromatic carbocycles. The van der Waals surface area contributed by atoms with E-state index in [1.165, 1.54) is 22.5 Å². The molecule has 1 amide bonds. The van der Waals surface area contributed by atoms with Gasteiger partial charge in [-0.1, -0.05) is 32.9 Å². The molecule has 4 nitrogen and oxygen atoms in total. The maximum Gasteiger partial charge on any atom is 0.277 e. The van der Waals surface area contributed by atoms with Crippen molar-refractivity contribution in [3.8, 4) is 0 Å². The topological polar surface area (TPSA) is 59.2 Å². The van der Waals surface area contributed by atoms with Crippen molar-refractivity contribution < 1.29 is 4.79 Å². The molecule has 23 heavy (non-hydrogen) atoms. The Balaban J connectivity index is 0.00000192. The third-order valence-corrected chi connectivity index (χ3v) is 4.90. The van der Waals surface area contributed by atoms with Gasteiger partial charge in [0.15, 0.2) is 0 Å². The van der Waals surface area contributed by atoms with Gasteiger partial charge in [-0.05, 0) is 29.0 Å². The second kappa shape index (κ2) is 6.59. The van der Waals surface area contributed by atoms with Gasteiger partial charge in [0, 0.05) is 24.2 Å². The van der Waals surface area contributed by atoms with Gasteiger partial charge in [0.1, 0.15) is 10.7 Å². The van der Waals surface area contributed by atoms with Crippen LogP contribution in [0.5, 0.6) is 0 Å². The number of thiazole rings is 1. The van der Waals surface area contributed by atoms with Crippen LogP contribution >= 0.6 is 23.7 Å². The molecule has 6 heteroatoms. The normalized spacial score (nSPS) is 13.7. The molecule has 2 aromatic rings.